The number of hydrogen-bond donors (Lipinski definition) is 4. The van der Waals surface area contributed by atoms with Crippen molar-refractivity contribution in [3.8, 4) is 11.5 Å². The fourth-order valence-corrected chi connectivity index (χ4v) is 11.0. The van der Waals surface area contributed by atoms with Gasteiger partial charge in [0.05, 0.1) is 108 Å². The summed E-state index contributed by atoms with van der Waals surface area (Å²) in [4.78, 5) is 131. The molecule has 24 nitrogen and oxygen atoms in total. The molecule has 0 spiro atoms. The highest BCUT2D eigenvalue weighted by Crippen LogP contribution is 2.25. The number of esters is 10. The summed E-state index contributed by atoms with van der Waals surface area (Å²) in [6.45, 7) is 1.39. The lowest BCUT2D eigenvalue weighted by Gasteiger charge is -2.12. The maximum absolute atomic E-state index is 13.8. The molecule has 0 aliphatic heterocycles. The van der Waals surface area contributed by atoms with Gasteiger partial charge in [0, 0.05) is 22.7 Å². The van der Waals surface area contributed by atoms with Gasteiger partial charge in [0.15, 0.2) is 0 Å². The molecule has 0 heterocycles. The molecule has 7 rings (SSSR count). The van der Waals surface area contributed by atoms with Crippen LogP contribution < -0.4 is 32.4 Å². The first-order valence-electron chi connectivity index (χ1n) is 37.0. The zero-order valence-corrected chi connectivity index (χ0v) is 61.1. The molecule has 0 aliphatic rings. The van der Waals surface area contributed by atoms with Crippen molar-refractivity contribution in [2.24, 2.45) is 0 Å². The van der Waals surface area contributed by atoms with Crippen molar-refractivity contribution >= 4 is 82.4 Å². The molecule has 0 bridgehead atoms. The van der Waals surface area contributed by atoms with E-state index in [1.54, 1.807) is 97.1 Å². The zero-order chi connectivity index (χ0) is 77.1. The van der Waals surface area contributed by atoms with Crippen molar-refractivity contribution in [1.82, 2.24) is 0 Å². The summed E-state index contributed by atoms with van der Waals surface area (Å²) < 4.78 is 55.4. The van der Waals surface area contributed by atoms with E-state index in [0.717, 1.165) is 103 Å². The van der Waals surface area contributed by atoms with Crippen LogP contribution in [0, 0.1) is 0 Å². The number of carbonyl (C=O) groups excluding carboxylic acids is 10. The number of carbonyl (C=O) groups is 10. The number of anilines is 4. The van der Waals surface area contributed by atoms with Crippen LogP contribution in [0.25, 0.3) is 0 Å². The van der Waals surface area contributed by atoms with E-state index in [2.05, 4.69) is 0 Å². The van der Waals surface area contributed by atoms with E-state index < -0.39 is 59.7 Å². The predicted molar refractivity (Wildman–Crippen MR) is 406 cm³/mol. The van der Waals surface area contributed by atoms with Crippen LogP contribution in [-0.2, 0) is 37.9 Å². The number of nitrogens with two attached hydrogens (primary N) is 4. The molecule has 8 N–H and O–H groups in total. The molecular weight excluding hydrogens is 1380 g/mol. The molecule has 0 fully saturated rings. The Hall–Kier alpha value is -11.6. The first-order valence-corrected chi connectivity index (χ1v) is 37.0. The highest BCUT2D eigenvalue weighted by atomic mass is 16.6. The van der Waals surface area contributed by atoms with Crippen LogP contribution in [0.3, 0.4) is 0 Å². The lowest BCUT2D eigenvalue weighted by molar-refractivity contribution is 0.0475. The Bertz CT molecular complexity index is 3560. The van der Waals surface area contributed by atoms with Crippen LogP contribution in [0.1, 0.15) is 258 Å². The maximum atomic E-state index is 13.8. The van der Waals surface area contributed by atoms with Gasteiger partial charge in [-0.1, -0.05) is 103 Å². The topological polar surface area (TPSA) is 367 Å². The summed E-state index contributed by atoms with van der Waals surface area (Å²) in [5, 5.41) is 0. The number of hydrogen-bond acceptors (Lipinski definition) is 24. The molecule has 0 atom stereocenters. The maximum Gasteiger partial charge on any atom is 0.343 e. The van der Waals surface area contributed by atoms with Crippen molar-refractivity contribution in [3.63, 3.8) is 0 Å². The number of benzene rings is 7. The smallest absolute Gasteiger partial charge is 0.343 e. The summed E-state index contributed by atoms with van der Waals surface area (Å²) in [6.07, 6.45) is 18.0. The first-order chi connectivity index (χ1) is 52.4. The Morgan fingerprint density at radius 1 is 0.176 bits per heavy atom. The van der Waals surface area contributed by atoms with Gasteiger partial charge in [0.1, 0.15) is 11.5 Å². The van der Waals surface area contributed by atoms with Gasteiger partial charge in [-0.15, -0.1) is 0 Å². The van der Waals surface area contributed by atoms with Gasteiger partial charge in [-0.3, -0.25) is 0 Å². The van der Waals surface area contributed by atoms with Crippen LogP contribution in [0.4, 0.5) is 22.7 Å². The third-order valence-corrected chi connectivity index (χ3v) is 17.1. The molecule has 7 aromatic carbocycles. The summed E-state index contributed by atoms with van der Waals surface area (Å²) in [5.74, 6) is -6.90. The first kappa shape index (κ1) is 83.7. The molecule has 7 aromatic rings. The van der Waals surface area contributed by atoms with Gasteiger partial charge in [-0.25, -0.2) is 47.9 Å². The Morgan fingerprint density at radius 3 is 0.491 bits per heavy atom. The Balaban J connectivity index is 0.905. The van der Waals surface area contributed by atoms with Gasteiger partial charge >= 0.3 is 59.7 Å². The van der Waals surface area contributed by atoms with Gasteiger partial charge in [0.2, 0.25) is 0 Å². The van der Waals surface area contributed by atoms with E-state index in [1.165, 1.54) is 60.7 Å². The second kappa shape index (κ2) is 47.1. The average Bonchev–Trinajstić information content (AvgIpc) is 0.825. The minimum Gasteiger partial charge on any atom is -0.462 e. The largest absolute Gasteiger partial charge is 0.462 e. The third kappa shape index (κ3) is 31.2. The Morgan fingerprint density at radius 2 is 0.315 bits per heavy atom. The molecule has 0 saturated carbocycles. The SMILES string of the molecule is Nc1ccc(C(=O)OCCCCCCCCOC(=O)c2cc(OC(=O)c3ccc(C(=O)Oc4cc(C(=O)OCCCCCCCCOC(=O)c5ccc(N)cc5)cc(C(=O)OCCCCCCCCOC(=O)c5ccc(N)cc5)c4)cc3)cc(C(=O)OCCCCCCCCOC(=O)c3ccc(N)cc3)c2)cc1. The molecule has 0 saturated heterocycles. The molecule has 574 valence electrons. The van der Waals surface area contributed by atoms with E-state index in [1.807, 2.05) is 0 Å². The predicted octanol–water partition coefficient (Wildman–Crippen LogP) is 15.9. The average molecular weight is 1480 g/mol. The van der Waals surface area contributed by atoms with Crippen molar-refractivity contribution < 1.29 is 95.3 Å². The minimum absolute atomic E-state index is 0.0286. The van der Waals surface area contributed by atoms with Crippen molar-refractivity contribution in [1.29, 1.82) is 0 Å². The van der Waals surface area contributed by atoms with Gasteiger partial charge in [-0.2, -0.15) is 0 Å². The van der Waals surface area contributed by atoms with Gasteiger partial charge < -0.3 is 70.3 Å². The summed E-state index contributed by atoms with van der Waals surface area (Å²) in [7, 11) is 0. The van der Waals surface area contributed by atoms with Crippen LogP contribution >= 0.6 is 0 Å². The monoisotopic (exact) mass is 1480 g/mol. The zero-order valence-electron chi connectivity index (χ0n) is 61.1. The molecular formula is C84H98N4O20. The lowest BCUT2D eigenvalue weighted by Crippen LogP contribution is -2.14. The fraction of sp³-hybridized carbons (Fsp3) is 0.381. The van der Waals surface area contributed by atoms with Crippen LogP contribution in [-0.4, -0.2) is 113 Å². The number of unbranched alkanes of at least 4 members (excludes halogenated alkanes) is 20. The molecule has 0 aromatic heterocycles. The fourth-order valence-electron chi connectivity index (χ4n) is 11.0. The molecule has 0 unspecified atom stereocenters. The van der Waals surface area contributed by atoms with Crippen molar-refractivity contribution in [2.45, 2.75) is 154 Å². The van der Waals surface area contributed by atoms with E-state index in [4.69, 9.17) is 70.3 Å². The summed E-state index contributed by atoms with van der Waals surface area (Å²) in [6, 6.07) is 38.9. The normalized spacial score (nSPS) is 10.8. The summed E-state index contributed by atoms with van der Waals surface area (Å²) in [5.41, 5.74) is 26.4. The highest BCUT2D eigenvalue weighted by Gasteiger charge is 2.22. The van der Waals surface area contributed by atoms with E-state index in [9.17, 15) is 47.9 Å². The van der Waals surface area contributed by atoms with Crippen molar-refractivity contribution in [3.05, 3.63) is 213 Å². The van der Waals surface area contributed by atoms with Gasteiger partial charge in [-0.05, 0) is 209 Å². The van der Waals surface area contributed by atoms with Crippen LogP contribution in [0.15, 0.2) is 158 Å². The number of ether oxygens (including phenoxy) is 10. The van der Waals surface area contributed by atoms with Crippen LogP contribution in [0.2, 0.25) is 0 Å². The third-order valence-electron chi connectivity index (χ3n) is 17.1. The van der Waals surface area contributed by atoms with Crippen molar-refractivity contribution in [2.75, 3.05) is 75.8 Å². The molecule has 24 heteroatoms. The number of nitrogen functional groups attached to an aromatic ring is 4. The van der Waals surface area contributed by atoms with E-state index in [0.29, 0.717) is 96.4 Å². The van der Waals surface area contributed by atoms with Gasteiger partial charge in [0.25, 0.3) is 0 Å². The number of rotatable bonds is 48. The standard InChI is InChI=1S/C84H98N4O20/c85-69-37-29-59(30-38-69)75(89)99-45-17-9-1-5-13-21-49-103-79(93)65-53-66(80(94)104-50-22-14-6-2-10-18-46-100-76(90)60-31-39-70(86)40-32-60)56-73(55-65)107-83(97)63-25-27-64(28-26-63)84(98)108-74-57-67(81(95)105-51-23-15-7-3-11-19-47-101-77(91)61-33-41-71(87)42-34-61)54-68(58-74)82(96)106-52-24-16-8-4-12-20-48-102-78(92)62-35-43-72(88)44-36-62/h25-44,53-58H,1-24,45-52,85-88H2. The van der Waals surface area contributed by atoms with E-state index in [-0.39, 0.29) is 97.7 Å². The molecule has 0 radical (unpaired) electrons. The Kier molecular flexibility index (Phi) is 36.5. The quantitative estimate of drug-likeness (QED) is 0.00904. The molecule has 0 aliphatic carbocycles. The molecule has 108 heavy (non-hydrogen) atoms. The highest BCUT2D eigenvalue weighted by molar-refractivity contribution is 6.00. The second-order valence-electron chi connectivity index (χ2n) is 25.9. The second-order valence-corrected chi connectivity index (χ2v) is 25.9. The van der Waals surface area contributed by atoms with E-state index >= 15 is 0 Å². The molecule has 0 amide bonds. The Labute approximate surface area is 629 Å². The minimum atomic E-state index is -0.911. The lowest BCUT2D eigenvalue weighted by atomic mass is 10.1. The van der Waals surface area contributed by atoms with Crippen LogP contribution in [0.5, 0.6) is 11.5 Å². The summed E-state index contributed by atoms with van der Waals surface area (Å²) >= 11 is 0.